The van der Waals surface area contributed by atoms with Gasteiger partial charge in [-0.25, -0.2) is 9.67 Å². The number of rotatable bonds is 5. The third kappa shape index (κ3) is 4.20. The molecular formula is C22H17BrN4O2. The van der Waals surface area contributed by atoms with Crippen LogP contribution in [0, 0.1) is 0 Å². The third-order valence-electron chi connectivity index (χ3n) is 4.26. The van der Waals surface area contributed by atoms with Crippen LogP contribution in [0.3, 0.4) is 0 Å². The molecular weight excluding hydrogens is 432 g/mol. The zero-order chi connectivity index (χ0) is 20.2. The summed E-state index contributed by atoms with van der Waals surface area (Å²) in [4.78, 5) is 17.3. The van der Waals surface area contributed by atoms with Crippen molar-refractivity contribution in [2.24, 2.45) is 0 Å². The molecule has 4 aromatic rings. The van der Waals surface area contributed by atoms with E-state index in [4.69, 9.17) is 4.74 Å². The minimum atomic E-state index is -0.386. The zero-order valence-electron chi connectivity index (χ0n) is 15.5. The number of anilines is 1. The van der Waals surface area contributed by atoms with Crippen molar-refractivity contribution in [3.8, 4) is 22.8 Å². The summed E-state index contributed by atoms with van der Waals surface area (Å²) in [6, 6.07) is 24.4. The van der Waals surface area contributed by atoms with E-state index in [0.717, 1.165) is 15.7 Å². The second-order valence-corrected chi connectivity index (χ2v) is 7.11. The monoisotopic (exact) mass is 448 g/mol. The Morgan fingerprint density at radius 3 is 2.31 bits per heavy atom. The number of methoxy groups -OCH3 is 1. The van der Waals surface area contributed by atoms with Crippen LogP contribution in [0.5, 0.6) is 5.75 Å². The molecule has 4 rings (SSSR count). The molecule has 0 unspecified atom stereocenters. The largest absolute Gasteiger partial charge is 0.497 e. The third-order valence-corrected chi connectivity index (χ3v) is 4.79. The first-order chi connectivity index (χ1) is 14.1. The van der Waals surface area contributed by atoms with Crippen molar-refractivity contribution >= 4 is 27.5 Å². The Balaban J connectivity index is 1.70. The Morgan fingerprint density at radius 2 is 1.66 bits per heavy atom. The molecule has 3 aromatic carbocycles. The average molecular weight is 449 g/mol. The minimum absolute atomic E-state index is 0.0857. The van der Waals surface area contributed by atoms with Gasteiger partial charge in [0, 0.05) is 15.7 Å². The highest BCUT2D eigenvalue weighted by molar-refractivity contribution is 9.10. The molecule has 0 saturated carbocycles. The van der Waals surface area contributed by atoms with E-state index in [0.29, 0.717) is 17.3 Å². The number of benzene rings is 3. The van der Waals surface area contributed by atoms with Gasteiger partial charge in [0.2, 0.25) is 5.82 Å². The zero-order valence-corrected chi connectivity index (χ0v) is 17.1. The molecule has 0 atom stereocenters. The number of amides is 1. The van der Waals surface area contributed by atoms with Crippen LogP contribution in [-0.4, -0.2) is 27.8 Å². The number of carbonyl (C=O) groups excluding carboxylic acids is 1. The first-order valence-corrected chi connectivity index (χ1v) is 9.67. The molecule has 0 spiro atoms. The van der Waals surface area contributed by atoms with Gasteiger partial charge >= 0.3 is 0 Å². The number of hydrogen-bond acceptors (Lipinski definition) is 4. The Hall–Kier alpha value is -3.45. The fourth-order valence-electron chi connectivity index (χ4n) is 2.81. The summed E-state index contributed by atoms with van der Waals surface area (Å²) in [7, 11) is 1.59. The average Bonchev–Trinajstić information content (AvgIpc) is 3.21. The minimum Gasteiger partial charge on any atom is -0.497 e. The molecule has 0 radical (unpaired) electrons. The van der Waals surface area contributed by atoms with Gasteiger partial charge in [-0.3, -0.25) is 4.79 Å². The quantitative estimate of drug-likeness (QED) is 0.468. The summed E-state index contributed by atoms with van der Waals surface area (Å²) in [6.45, 7) is 0. The van der Waals surface area contributed by atoms with Gasteiger partial charge in [-0.2, -0.15) is 0 Å². The molecule has 7 heteroatoms. The number of carbonyl (C=O) groups is 1. The van der Waals surface area contributed by atoms with Gasteiger partial charge in [0.15, 0.2) is 5.82 Å². The number of nitrogens with one attached hydrogen (secondary N) is 1. The highest BCUT2D eigenvalue weighted by Crippen LogP contribution is 2.23. The summed E-state index contributed by atoms with van der Waals surface area (Å²) in [6.07, 6.45) is 0. The molecule has 0 fully saturated rings. The maximum absolute atomic E-state index is 12.8. The maximum Gasteiger partial charge on any atom is 0.295 e. The fraction of sp³-hybridized carbons (Fsp3) is 0.0455. The number of aromatic nitrogens is 3. The molecule has 0 saturated heterocycles. The van der Waals surface area contributed by atoms with Crippen molar-refractivity contribution in [2.45, 2.75) is 0 Å². The Bertz CT molecular complexity index is 1120. The maximum atomic E-state index is 12.8. The first kappa shape index (κ1) is 18.9. The van der Waals surface area contributed by atoms with Gasteiger partial charge in [-0.15, -0.1) is 5.10 Å². The normalized spacial score (nSPS) is 10.6. The molecule has 0 aliphatic carbocycles. The molecule has 0 aliphatic rings. The van der Waals surface area contributed by atoms with Crippen LogP contribution in [0.4, 0.5) is 5.69 Å². The fourth-order valence-corrected chi connectivity index (χ4v) is 3.07. The SMILES string of the molecule is COc1ccc(NC(=O)c2nc(-c3ccccc3)n(-c3ccc(Br)cc3)n2)cc1. The molecule has 1 aromatic heterocycles. The predicted molar refractivity (Wildman–Crippen MR) is 115 cm³/mol. The van der Waals surface area contributed by atoms with E-state index in [1.54, 1.807) is 36.1 Å². The van der Waals surface area contributed by atoms with Gasteiger partial charge in [-0.1, -0.05) is 46.3 Å². The molecule has 1 N–H and O–H groups in total. The summed E-state index contributed by atoms with van der Waals surface area (Å²) in [5.41, 5.74) is 2.31. The van der Waals surface area contributed by atoms with E-state index >= 15 is 0 Å². The summed E-state index contributed by atoms with van der Waals surface area (Å²) in [5, 5.41) is 7.29. The van der Waals surface area contributed by atoms with E-state index in [2.05, 4.69) is 31.3 Å². The number of ether oxygens (including phenoxy) is 1. The molecule has 29 heavy (non-hydrogen) atoms. The summed E-state index contributed by atoms with van der Waals surface area (Å²) in [5.74, 6) is 1.01. The second-order valence-electron chi connectivity index (χ2n) is 6.20. The number of halogens is 1. The van der Waals surface area contributed by atoms with Crippen LogP contribution < -0.4 is 10.1 Å². The lowest BCUT2D eigenvalue weighted by molar-refractivity contribution is 0.101. The van der Waals surface area contributed by atoms with E-state index < -0.39 is 0 Å². The van der Waals surface area contributed by atoms with Crippen molar-refractivity contribution in [2.75, 3.05) is 12.4 Å². The van der Waals surface area contributed by atoms with Gasteiger partial charge in [0.25, 0.3) is 5.91 Å². The molecule has 0 bridgehead atoms. The van der Waals surface area contributed by atoms with Crippen molar-refractivity contribution < 1.29 is 9.53 Å². The highest BCUT2D eigenvalue weighted by atomic mass is 79.9. The van der Waals surface area contributed by atoms with Crippen LogP contribution in [0.25, 0.3) is 17.1 Å². The molecule has 1 amide bonds. The Kier molecular flexibility index (Phi) is 5.39. The highest BCUT2D eigenvalue weighted by Gasteiger charge is 2.19. The van der Waals surface area contributed by atoms with Gasteiger partial charge in [0.1, 0.15) is 5.75 Å². The topological polar surface area (TPSA) is 69.0 Å². The van der Waals surface area contributed by atoms with Crippen LogP contribution in [0.2, 0.25) is 0 Å². The predicted octanol–water partition coefficient (Wildman–Crippen LogP) is 4.96. The second kappa shape index (κ2) is 8.28. The standard InChI is InChI=1S/C22H17BrN4O2/c1-29-19-13-9-17(10-14-19)24-22(28)20-25-21(15-5-3-2-4-6-15)27(26-20)18-11-7-16(23)8-12-18/h2-14H,1H3,(H,24,28). The first-order valence-electron chi connectivity index (χ1n) is 8.88. The molecule has 144 valence electrons. The summed E-state index contributed by atoms with van der Waals surface area (Å²) >= 11 is 3.44. The van der Waals surface area contributed by atoms with E-state index in [1.807, 2.05) is 54.6 Å². The lowest BCUT2D eigenvalue weighted by atomic mass is 10.2. The molecule has 1 heterocycles. The molecule has 0 aliphatic heterocycles. The lowest BCUT2D eigenvalue weighted by Crippen LogP contribution is -2.14. The van der Waals surface area contributed by atoms with E-state index in [-0.39, 0.29) is 11.7 Å². The van der Waals surface area contributed by atoms with Crippen LogP contribution >= 0.6 is 15.9 Å². The van der Waals surface area contributed by atoms with Crippen molar-refractivity contribution in [1.29, 1.82) is 0 Å². The number of hydrogen-bond donors (Lipinski definition) is 1. The Morgan fingerprint density at radius 1 is 0.966 bits per heavy atom. The number of nitrogens with zero attached hydrogens (tertiary/aromatic N) is 3. The lowest BCUT2D eigenvalue weighted by Gasteiger charge is -2.06. The van der Waals surface area contributed by atoms with Crippen LogP contribution in [0.1, 0.15) is 10.6 Å². The van der Waals surface area contributed by atoms with E-state index in [9.17, 15) is 4.79 Å². The van der Waals surface area contributed by atoms with Gasteiger partial charge in [0.05, 0.1) is 12.8 Å². The van der Waals surface area contributed by atoms with Crippen LogP contribution in [0.15, 0.2) is 83.3 Å². The summed E-state index contributed by atoms with van der Waals surface area (Å²) < 4.78 is 7.77. The van der Waals surface area contributed by atoms with Crippen molar-refractivity contribution in [3.05, 3.63) is 89.2 Å². The molecule has 6 nitrogen and oxygen atoms in total. The smallest absolute Gasteiger partial charge is 0.295 e. The van der Waals surface area contributed by atoms with Crippen molar-refractivity contribution in [1.82, 2.24) is 14.8 Å². The van der Waals surface area contributed by atoms with Crippen LogP contribution in [-0.2, 0) is 0 Å². The van der Waals surface area contributed by atoms with E-state index in [1.165, 1.54) is 0 Å². The van der Waals surface area contributed by atoms with Crippen molar-refractivity contribution in [3.63, 3.8) is 0 Å². The Labute approximate surface area is 176 Å². The van der Waals surface area contributed by atoms with Gasteiger partial charge in [-0.05, 0) is 48.5 Å². The van der Waals surface area contributed by atoms with Gasteiger partial charge < -0.3 is 10.1 Å².